The molecule has 2 heterocycles. The van der Waals surface area contributed by atoms with Crippen molar-refractivity contribution in [2.24, 2.45) is 0 Å². The number of nitrogens with zero attached hydrogens (tertiary/aromatic N) is 2. The van der Waals surface area contributed by atoms with Crippen LogP contribution in [0.15, 0.2) is 59.5 Å². The predicted molar refractivity (Wildman–Crippen MR) is 90.1 cm³/mol. The zero-order valence-corrected chi connectivity index (χ0v) is 13.3. The van der Waals surface area contributed by atoms with Crippen LogP contribution in [0.25, 0.3) is 5.13 Å². The Hall–Kier alpha value is -2.73. The summed E-state index contributed by atoms with van der Waals surface area (Å²) in [5.74, 6) is -0.181. The van der Waals surface area contributed by atoms with Gasteiger partial charge in [-0.25, -0.2) is 4.98 Å². The van der Waals surface area contributed by atoms with Crippen molar-refractivity contribution in [3.05, 3.63) is 81.2 Å². The van der Waals surface area contributed by atoms with Gasteiger partial charge in [-0.3, -0.25) is 14.2 Å². The lowest BCUT2D eigenvalue weighted by Crippen LogP contribution is -2.22. The third-order valence-electron chi connectivity index (χ3n) is 3.32. The molecular formula is C17H15N3O2S. The molecule has 1 amide bonds. The predicted octanol–water partition coefficient (Wildman–Crippen LogP) is 2.53. The van der Waals surface area contributed by atoms with E-state index < -0.39 is 0 Å². The number of benzene rings is 1. The Labute approximate surface area is 137 Å². The molecule has 0 fully saturated rings. The highest BCUT2D eigenvalue weighted by molar-refractivity contribution is 7.16. The Balaban J connectivity index is 1.80. The van der Waals surface area contributed by atoms with Gasteiger partial charge < -0.3 is 5.32 Å². The molecule has 3 aromatic rings. The highest BCUT2D eigenvalue weighted by Crippen LogP contribution is 2.20. The summed E-state index contributed by atoms with van der Waals surface area (Å²) >= 11 is 1.21. The summed E-state index contributed by atoms with van der Waals surface area (Å²) in [6.45, 7) is 2.23. The number of hydrogen-bond acceptors (Lipinski definition) is 4. The van der Waals surface area contributed by atoms with E-state index in [1.165, 1.54) is 22.0 Å². The van der Waals surface area contributed by atoms with Crippen molar-refractivity contribution in [1.29, 1.82) is 0 Å². The summed E-state index contributed by atoms with van der Waals surface area (Å²) in [6.07, 6.45) is 1.65. The molecule has 0 aliphatic carbocycles. The smallest absolute Gasteiger partial charge is 0.263 e. The topological polar surface area (TPSA) is 64.0 Å². The van der Waals surface area contributed by atoms with Crippen LogP contribution in [-0.2, 0) is 6.54 Å². The van der Waals surface area contributed by atoms with Gasteiger partial charge in [0, 0.05) is 18.8 Å². The maximum atomic E-state index is 12.3. The van der Waals surface area contributed by atoms with Crippen LogP contribution < -0.4 is 10.9 Å². The first-order valence-corrected chi connectivity index (χ1v) is 7.94. The van der Waals surface area contributed by atoms with Gasteiger partial charge in [-0.15, -0.1) is 0 Å². The Bertz CT molecular complexity index is 884. The first-order chi connectivity index (χ1) is 11.1. The molecule has 0 spiro atoms. The van der Waals surface area contributed by atoms with Crippen molar-refractivity contribution in [1.82, 2.24) is 14.9 Å². The Morgan fingerprint density at radius 3 is 2.65 bits per heavy atom. The Morgan fingerprint density at radius 1 is 1.17 bits per heavy atom. The van der Waals surface area contributed by atoms with Crippen LogP contribution >= 0.6 is 11.3 Å². The quantitative estimate of drug-likeness (QED) is 0.802. The number of carbonyl (C=O) groups is 1. The van der Waals surface area contributed by atoms with Gasteiger partial charge in [-0.2, -0.15) is 0 Å². The Morgan fingerprint density at radius 2 is 1.91 bits per heavy atom. The molecule has 0 aliphatic heterocycles. The van der Waals surface area contributed by atoms with Gasteiger partial charge in [-0.05, 0) is 18.6 Å². The summed E-state index contributed by atoms with van der Waals surface area (Å²) < 4.78 is 1.44. The van der Waals surface area contributed by atoms with Crippen molar-refractivity contribution in [3.63, 3.8) is 0 Å². The molecule has 5 nitrogen and oxygen atoms in total. The lowest BCUT2D eigenvalue weighted by Gasteiger charge is -2.03. The number of aryl methyl sites for hydroxylation is 1. The number of carbonyl (C=O) groups excluding carboxylic acids is 1. The molecule has 0 bridgehead atoms. The van der Waals surface area contributed by atoms with Gasteiger partial charge in [0.1, 0.15) is 4.88 Å². The van der Waals surface area contributed by atoms with Gasteiger partial charge >= 0.3 is 0 Å². The molecule has 0 atom stereocenters. The van der Waals surface area contributed by atoms with Crippen molar-refractivity contribution >= 4 is 17.2 Å². The standard InChI is InChI=1S/C17H15N3O2S/c1-12-15(16(22)18-11-13-7-3-2-4-8-13)23-17(19-12)20-10-6-5-9-14(20)21/h2-10H,11H2,1H3,(H,18,22). The number of aromatic nitrogens is 2. The lowest BCUT2D eigenvalue weighted by molar-refractivity contribution is 0.0954. The number of thiazole rings is 1. The molecule has 3 rings (SSSR count). The molecule has 2 aromatic heterocycles. The molecule has 23 heavy (non-hydrogen) atoms. The van der Waals surface area contributed by atoms with Crippen LogP contribution in [0.2, 0.25) is 0 Å². The number of nitrogens with one attached hydrogen (secondary N) is 1. The van der Waals surface area contributed by atoms with E-state index in [4.69, 9.17) is 0 Å². The first kappa shape index (κ1) is 15.2. The van der Waals surface area contributed by atoms with E-state index in [1.807, 2.05) is 30.3 Å². The van der Waals surface area contributed by atoms with Gasteiger partial charge in [-0.1, -0.05) is 47.7 Å². The molecular weight excluding hydrogens is 310 g/mol. The second kappa shape index (κ2) is 6.58. The molecule has 0 saturated heterocycles. The number of rotatable bonds is 4. The van der Waals surface area contributed by atoms with Gasteiger partial charge in [0.2, 0.25) is 0 Å². The molecule has 6 heteroatoms. The third-order valence-corrected chi connectivity index (χ3v) is 4.47. The minimum atomic E-state index is -0.181. The van der Waals surface area contributed by atoms with Crippen molar-refractivity contribution in [2.45, 2.75) is 13.5 Å². The van der Waals surface area contributed by atoms with Crippen LogP contribution in [-0.4, -0.2) is 15.5 Å². The fourth-order valence-electron chi connectivity index (χ4n) is 2.14. The van der Waals surface area contributed by atoms with E-state index in [9.17, 15) is 9.59 Å². The van der Waals surface area contributed by atoms with Crippen LogP contribution in [0.4, 0.5) is 0 Å². The van der Waals surface area contributed by atoms with Crippen molar-refractivity contribution in [3.8, 4) is 5.13 Å². The molecule has 0 radical (unpaired) electrons. The minimum Gasteiger partial charge on any atom is -0.347 e. The van der Waals surface area contributed by atoms with Gasteiger partial charge in [0.05, 0.1) is 5.69 Å². The molecule has 0 saturated carbocycles. The molecule has 0 aliphatic rings. The van der Waals surface area contributed by atoms with E-state index in [0.717, 1.165) is 5.56 Å². The summed E-state index contributed by atoms with van der Waals surface area (Å²) in [4.78, 5) is 29.0. The fourth-order valence-corrected chi connectivity index (χ4v) is 3.11. The molecule has 1 N–H and O–H groups in total. The largest absolute Gasteiger partial charge is 0.347 e. The van der Waals surface area contributed by atoms with Crippen LogP contribution in [0.3, 0.4) is 0 Å². The summed E-state index contributed by atoms with van der Waals surface area (Å²) in [7, 11) is 0. The zero-order valence-electron chi connectivity index (χ0n) is 12.5. The normalized spacial score (nSPS) is 10.5. The van der Waals surface area contributed by atoms with Crippen LogP contribution in [0.5, 0.6) is 0 Å². The SMILES string of the molecule is Cc1nc(-n2ccccc2=O)sc1C(=O)NCc1ccccc1. The van der Waals surface area contributed by atoms with E-state index in [2.05, 4.69) is 10.3 Å². The van der Waals surface area contributed by atoms with Crippen molar-refractivity contribution < 1.29 is 4.79 Å². The number of pyridine rings is 1. The van der Waals surface area contributed by atoms with Crippen LogP contribution in [0, 0.1) is 6.92 Å². The zero-order chi connectivity index (χ0) is 16.2. The Kier molecular flexibility index (Phi) is 4.34. The first-order valence-electron chi connectivity index (χ1n) is 7.13. The molecule has 0 unspecified atom stereocenters. The van der Waals surface area contributed by atoms with Gasteiger partial charge in [0.15, 0.2) is 5.13 Å². The highest BCUT2D eigenvalue weighted by Gasteiger charge is 2.16. The minimum absolute atomic E-state index is 0.169. The van der Waals surface area contributed by atoms with Crippen LogP contribution in [0.1, 0.15) is 20.9 Å². The molecule has 116 valence electrons. The average molecular weight is 325 g/mol. The monoisotopic (exact) mass is 325 g/mol. The summed E-state index contributed by atoms with van der Waals surface area (Å²) in [6, 6.07) is 14.6. The molecule has 1 aromatic carbocycles. The fraction of sp³-hybridized carbons (Fsp3) is 0.118. The average Bonchev–Trinajstić information content (AvgIpc) is 2.96. The number of amides is 1. The number of hydrogen-bond donors (Lipinski definition) is 1. The van der Waals surface area contributed by atoms with E-state index in [-0.39, 0.29) is 11.5 Å². The van der Waals surface area contributed by atoms with Crippen molar-refractivity contribution in [2.75, 3.05) is 0 Å². The van der Waals surface area contributed by atoms with E-state index in [0.29, 0.717) is 22.2 Å². The second-order valence-corrected chi connectivity index (χ2v) is 5.97. The lowest BCUT2D eigenvalue weighted by atomic mass is 10.2. The van der Waals surface area contributed by atoms with E-state index in [1.54, 1.807) is 25.3 Å². The second-order valence-electron chi connectivity index (χ2n) is 4.99. The summed E-state index contributed by atoms with van der Waals surface area (Å²) in [5, 5.41) is 3.38. The maximum Gasteiger partial charge on any atom is 0.263 e. The third kappa shape index (κ3) is 3.37. The van der Waals surface area contributed by atoms with E-state index >= 15 is 0 Å². The maximum absolute atomic E-state index is 12.3. The van der Waals surface area contributed by atoms with Gasteiger partial charge in [0.25, 0.3) is 11.5 Å². The highest BCUT2D eigenvalue weighted by atomic mass is 32.1. The summed E-state index contributed by atoms with van der Waals surface area (Å²) in [5.41, 5.74) is 1.48.